The van der Waals surface area contributed by atoms with Crippen LogP contribution in [-0.4, -0.2) is 4.98 Å². The molecule has 0 aliphatic heterocycles. The van der Waals surface area contributed by atoms with E-state index >= 15 is 0 Å². The summed E-state index contributed by atoms with van der Waals surface area (Å²) in [7, 11) is 0. The van der Waals surface area contributed by atoms with Gasteiger partial charge in [0.05, 0.1) is 0 Å². The first-order chi connectivity index (χ1) is 3.00. The maximum Gasteiger partial charge on any atom is 3.00 e. The van der Waals surface area contributed by atoms with Crippen LogP contribution >= 0.6 is 0 Å². The summed E-state index contributed by atoms with van der Waals surface area (Å²) in [6, 6.07) is 5.72. The third-order valence-electron chi connectivity index (χ3n) is 0.566. The van der Waals surface area contributed by atoms with E-state index in [4.69, 9.17) is 0 Å². The molecule has 0 saturated heterocycles. The minimum Gasteiger partial charge on any atom is -0.265 e. The van der Waals surface area contributed by atoms with E-state index in [0.717, 1.165) is 0 Å². The van der Waals surface area contributed by atoms with Gasteiger partial charge < -0.3 is 0 Å². The van der Waals surface area contributed by atoms with Gasteiger partial charge >= 0.3 is 19.5 Å². The van der Waals surface area contributed by atoms with E-state index in [2.05, 4.69) is 4.98 Å². The molecule has 7 heavy (non-hydrogen) atoms. The minimum atomic E-state index is 0. The fraction of sp³-hybridized carbons (Fsp3) is 0. The van der Waals surface area contributed by atoms with Crippen LogP contribution in [0, 0.1) is 0 Å². The Morgan fingerprint density at radius 2 is 1.43 bits per heavy atom. The number of hydrogen-bond acceptors (Lipinski definition) is 1. The molecule has 2 heteroatoms. The molecular weight excluding hydrogens is 177 g/mol. The largest absolute Gasteiger partial charge is 3.00 e. The summed E-state index contributed by atoms with van der Waals surface area (Å²) in [4.78, 5) is 3.78. The summed E-state index contributed by atoms with van der Waals surface area (Å²) in [6.07, 6.45) is 3.50. The van der Waals surface area contributed by atoms with Crippen LogP contribution in [0.25, 0.3) is 0 Å². The average Bonchev–Trinajstić information content (AvgIpc) is 1.72. The molecule has 1 aromatic rings. The van der Waals surface area contributed by atoms with Crippen LogP contribution < -0.4 is 0 Å². The molecule has 1 heterocycles. The quantitative estimate of drug-likeness (QED) is 0.547. The van der Waals surface area contributed by atoms with Crippen molar-refractivity contribution in [2.45, 2.75) is 0 Å². The molecule has 1 rings (SSSR count). The third-order valence-corrected chi connectivity index (χ3v) is 0.566. The normalized spacial score (nSPS) is 6.86. The topological polar surface area (TPSA) is 12.9 Å². The van der Waals surface area contributed by atoms with Crippen molar-refractivity contribution in [2.24, 2.45) is 0 Å². The van der Waals surface area contributed by atoms with Gasteiger partial charge in [0.1, 0.15) is 0 Å². The smallest absolute Gasteiger partial charge is 0.265 e. The fourth-order valence-corrected chi connectivity index (χ4v) is 0.313. The van der Waals surface area contributed by atoms with E-state index in [1.807, 2.05) is 18.2 Å². The van der Waals surface area contributed by atoms with E-state index in [1.54, 1.807) is 12.4 Å². The average molecular weight is 182 g/mol. The molecule has 0 aromatic carbocycles. The predicted molar refractivity (Wildman–Crippen MR) is 24.2 cm³/mol. The summed E-state index contributed by atoms with van der Waals surface area (Å²) in [6.45, 7) is 0. The monoisotopic (exact) mass is 182 g/mol. The number of pyridine rings is 1. The molecule has 0 bridgehead atoms. The van der Waals surface area contributed by atoms with Crippen molar-refractivity contribution in [3.8, 4) is 0 Å². The van der Waals surface area contributed by atoms with Crippen molar-refractivity contribution in [2.75, 3.05) is 0 Å². The summed E-state index contributed by atoms with van der Waals surface area (Å²) in [5.41, 5.74) is 0. The summed E-state index contributed by atoms with van der Waals surface area (Å²) in [5, 5.41) is 0. The van der Waals surface area contributed by atoms with Crippen LogP contribution in [0.3, 0.4) is 0 Å². The van der Waals surface area contributed by atoms with Gasteiger partial charge in [-0.3, -0.25) is 4.98 Å². The van der Waals surface area contributed by atoms with Crippen LogP contribution in [0.4, 0.5) is 0 Å². The van der Waals surface area contributed by atoms with Gasteiger partial charge in [0, 0.05) is 12.4 Å². The standard InChI is InChI=1S/C5H5N.Rh/c1-2-4-6-5-3-1;/h1-5H;/q;+3. The fourth-order valence-electron chi connectivity index (χ4n) is 0.313. The Morgan fingerprint density at radius 3 is 1.57 bits per heavy atom. The van der Waals surface area contributed by atoms with Crippen LogP contribution in [0.1, 0.15) is 0 Å². The Morgan fingerprint density at radius 1 is 0.857 bits per heavy atom. The number of nitrogens with zero attached hydrogens (tertiary/aromatic N) is 1. The molecule has 36 valence electrons. The van der Waals surface area contributed by atoms with E-state index in [9.17, 15) is 0 Å². The zero-order valence-corrected chi connectivity index (χ0v) is 5.31. The molecular formula is C5H5NRh+3. The Hall–Kier alpha value is -0.227. The van der Waals surface area contributed by atoms with Crippen molar-refractivity contribution in [3.63, 3.8) is 0 Å². The molecule has 0 aliphatic carbocycles. The van der Waals surface area contributed by atoms with Gasteiger partial charge in [0.2, 0.25) is 0 Å². The van der Waals surface area contributed by atoms with Gasteiger partial charge in [-0.25, -0.2) is 0 Å². The maximum atomic E-state index is 3.78. The Kier molecular flexibility index (Phi) is 3.82. The van der Waals surface area contributed by atoms with Gasteiger partial charge in [-0.05, 0) is 12.1 Å². The Balaban J connectivity index is 0.000000360. The second-order valence-corrected chi connectivity index (χ2v) is 1.02. The first kappa shape index (κ1) is 6.77. The van der Waals surface area contributed by atoms with Crippen LogP contribution in [0.15, 0.2) is 30.6 Å². The summed E-state index contributed by atoms with van der Waals surface area (Å²) < 4.78 is 0. The van der Waals surface area contributed by atoms with Gasteiger partial charge in [-0.2, -0.15) is 0 Å². The molecule has 0 radical (unpaired) electrons. The van der Waals surface area contributed by atoms with Crippen LogP contribution in [-0.2, 0) is 19.5 Å². The molecule has 0 amide bonds. The number of rotatable bonds is 0. The molecule has 0 saturated carbocycles. The molecule has 0 atom stereocenters. The van der Waals surface area contributed by atoms with Gasteiger partial charge in [-0.1, -0.05) is 6.07 Å². The SMILES string of the molecule is [Rh+3].c1ccncc1. The second kappa shape index (κ2) is 3.95. The molecule has 1 nitrogen and oxygen atoms in total. The third kappa shape index (κ3) is 2.47. The second-order valence-electron chi connectivity index (χ2n) is 1.02. The van der Waals surface area contributed by atoms with E-state index in [0.29, 0.717) is 0 Å². The van der Waals surface area contributed by atoms with Crippen LogP contribution in [0.5, 0.6) is 0 Å². The van der Waals surface area contributed by atoms with Crippen molar-refractivity contribution >= 4 is 0 Å². The molecule has 0 aliphatic rings. The number of hydrogen-bond donors (Lipinski definition) is 0. The van der Waals surface area contributed by atoms with Gasteiger partial charge in [0.15, 0.2) is 0 Å². The molecule has 0 unspecified atom stereocenters. The van der Waals surface area contributed by atoms with E-state index in [-0.39, 0.29) is 19.5 Å². The van der Waals surface area contributed by atoms with Crippen LogP contribution in [0.2, 0.25) is 0 Å². The zero-order valence-electron chi connectivity index (χ0n) is 3.67. The van der Waals surface area contributed by atoms with E-state index < -0.39 is 0 Å². The van der Waals surface area contributed by atoms with Crippen molar-refractivity contribution in [1.29, 1.82) is 0 Å². The first-order valence-electron chi connectivity index (χ1n) is 1.85. The van der Waals surface area contributed by atoms with E-state index in [1.165, 1.54) is 0 Å². The maximum absolute atomic E-state index is 3.78. The molecule has 1 aromatic heterocycles. The molecule has 0 fully saturated rings. The van der Waals surface area contributed by atoms with Gasteiger partial charge in [-0.15, -0.1) is 0 Å². The van der Waals surface area contributed by atoms with Gasteiger partial charge in [0.25, 0.3) is 0 Å². The number of aromatic nitrogens is 1. The predicted octanol–water partition coefficient (Wildman–Crippen LogP) is 1.08. The van der Waals surface area contributed by atoms with Crippen molar-refractivity contribution in [1.82, 2.24) is 4.98 Å². The Bertz CT molecular complexity index is 80.0. The minimum absolute atomic E-state index is 0. The summed E-state index contributed by atoms with van der Waals surface area (Å²) >= 11 is 0. The van der Waals surface area contributed by atoms with Crippen molar-refractivity contribution in [3.05, 3.63) is 30.6 Å². The zero-order chi connectivity index (χ0) is 4.24. The molecule has 0 N–H and O–H groups in total. The Labute approximate surface area is 55.5 Å². The summed E-state index contributed by atoms with van der Waals surface area (Å²) in [5.74, 6) is 0. The first-order valence-corrected chi connectivity index (χ1v) is 1.85. The molecule has 0 spiro atoms. The van der Waals surface area contributed by atoms with Crippen molar-refractivity contribution < 1.29 is 19.5 Å².